The number of fused-ring (bicyclic) bond motifs is 1. The maximum atomic E-state index is 13.1. The lowest BCUT2D eigenvalue weighted by Crippen LogP contribution is -2.29. The highest BCUT2D eigenvalue weighted by Crippen LogP contribution is 2.34. The van der Waals surface area contributed by atoms with Gasteiger partial charge in [0.05, 0.1) is 16.8 Å². The molecule has 0 unspecified atom stereocenters. The van der Waals surface area contributed by atoms with Crippen molar-refractivity contribution in [2.24, 2.45) is 0 Å². The van der Waals surface area contributed by atoms with Gasteiger partial charge in [0.1, 0.15) is 11.5 Å². The van der Waals surface area contributed by atoms with E-state index in [0.717, 1.165) is 18.4 Å². The summed E-state index contributed by atoms with van der Waals surface area (Å²) < 4.78 is 5.88. The Kier molecular flexibility index (Phi) is 5.40. The number of benzene rings is 3. The lowest BCUT2D eigenvalue weighted by atomic mass is 9.81. The molecule has 3 aromatic carbocycles. The molecule has 0 spiro atoms. The van der Waals surface area contributed by atoms with Crippen LogP contribution in [0.5, 0.6) is 11.5 Å². The van der Waals surface area contributed by atoms with Crippen LogP contribution in [0.25, 0.3) is 0 Å². The Labute approximate surface area is 183 Å². The molecule has 0 atom stereocenters. The van der Waals surface area contributed by atoms with Crippen LogP contribution in [-0.2, 0) is 5.41 Å². The third-order valence-corrected chi connectivity index (χ3v) is 5.90. The number of hydrogen-bond donors (Lipinski definition) is 0. The largest absolute Gasteiger partial charge is 0.457 e. The fourth-order valence-corrected chi connectivity index (χ4v) is 4.09. The highest BCUT2D eigenvalue weighted by Gasteiger charge is 2.37. The maximum absolute atomic E-state index is 13.1. The number of rotatable bonds is 6. The predicted molar refractivity (Wildman–Crippen MR) is 123 cm³/mol. The quantitative estimate of drug-likeness (QED) is 0.424. The van der Waals surface area contributed by atoms with Gasteiger partial charge in [-0.2, -0.15) is 0 Å². The van der Waals surface area contributed by atoms with Crippen molar-refractivity contribution in [3.8, 4) is 11.5 Å². The minimum Gasteiger partial charge on any atom is -0.457 e. The van der Waals surface area contributed by atoms with Crippen molar-refractivity contribution in [2.75, 3.05) is 4.90 Å². The average Bonchev–Trinajstić information content (AvgIpc) is 3.00. The van der Waals surface area contributed by atoms with Gasteiger partial charge in [-0.3, -0.25) is 9.59 Å². The van der Waals surface area contributed by atoms with Crippen molar-refractivity contribution < 1.29 is 14.3 Å². The first-order valence-electron chi connectivity index (χ1n) is 10.7. The first-order chi connectivity index (χ1) is 14.8. The number of ether oxygens (including phenoxy) is 1. The van der Waals surface area contributed by atoms with Crippen molar-refractivity contribution in [3.63, 3.8) is 0 Å². The zero-order valence-corrected chi connectivity index (χ0v) is 18.4. The Bertz CT molecular complexity index is 1130. The van der Waals surface area contributed by atoms with Crippen LogP contribution in [0.15, 0.2) is 66.7 Å². The predicted octanol–water partition coefficient (Wildman–Crippen LogP) is 6.67. The third kappa shape index (κ3) is 3.98. The van der Waals surface area contributed by atoms with Crippen LogP contribution < -0.4 is 9.64 Å². The van der Waals surface area contributed by atoms with Gasteiger partial charge in [-0.25, -0.2) is 4.90 Å². The van der Waals surface area contributed by atoms with Crippen LogP contribution in [0.3, 0.4) is 0 Å². The summed E-state index contributed by atoms with van der Waals surface area (Å²) in [5.41, 5.74) is 3.74. The number of carbonyl (C=O) groups is 2. The molecule has 0 radical (unpaired) electrons. The van der Waals surface area contributed by atoms with Crippen LogP contribution in [0.4, 0.5) is 5.69 Å². The second kappa shape index (κ2) is 8.03. The van der Waals surface area contributed by atoms with E-state index in [0.29, 0.717) is 28.3 Å². The van der Waals surface area contributed by atoms with Crippen molar-refractivity contribution >= 4 is 17.5 Å². The number of aryl methyl sites for hydroxylation is 1. The van der Waals surface area contributed by atoms with Crippen LogP contribution in [0, 0.1) is 6.92 Å². The van der Waals surface area contributed by atoms with Crippen LogP contribution in [-0.4, -0.2) is 11.8 Å². The monoisotopic (exact) mass is 413 g/mol. The van der Waals surface area contributed by atoms with Crippen LogP contribution in [0.2, 0.25) is 0 Å². The van der Waals surface area contributed by atoms with Crippen LogP contribution >= 0.6 is 0 Å². The summed E-state index contributed by atoms with van der Waals surface area (Å²) in [5.74, 6) is 0.587. The highest BCUT2D eigenvalue weighted by atomic mass is 16.5. The van der Waals surface area contributed by atoms with E-state index < -0.39 is 0 Å². The molecule has 0 aliphatic carbocycles. The molecular formula is C27H27NO3. The molecule has 4 nitrogen and oxygen atoms in total. The summed E-state index contributed by atoms with van der Waals surface area (Å²) >= 11 is 0. The lowest BCUT2D eigenvalue weighted by Gasteiger charge is -2.25. The molecule has 1 heterocycles. The van der Waals surface area contributed by atoms with Crippen molar-refractivity contribution in [2.45, 2.75) is 46.0 Å². The molecule has 158 valence electrons. The van der Waals surface area contributed by atoms with E-state index in [4.69, 9.17) is 4.74 Å². The van der Waals surface area contributed by atoms with Gasteiger partial charge in [0, 0.05) is 0 Å². The van der Waals surface area contributed by atoms with Gasteiger partial charge in [0.15, 0.2) is 0 Å². The number of hydrogen-bond acceptors (Lipinski definition) is 3. The normalized spacial score (nSPS) is 13.5. The van der Waals surface area contributed by atoms with Gasteiger partial charge < -0.3 is 4.74 Å². The second-order valence-corrected chi connectivity index (χ2v) is 8.75. The summed E-state index contributed by atoms with van der Waals surface area (Å²) in [5, 5.41) is 0. The third-order valence-electron chi connectivity index (χ3n) is 5.90. The number of nitrogens with zero attached hydrogens (tertiary/aromatic N) is 1. The first-order valence-corrected chi connectivity index (χ1v) is 10.7. The molecule has 0 bridgehead atoms. The highest BCUT2D eigenvalue weighted by molar-refractivity contribution is 6.34. The van der Waals surface area contributed by atoms with Crippen molar-refractivity contribution in [1.29, 1.82) is 0 Å². The fourth-order valence-electron chi connectivity index (χ4n) is 4.09. The summed E-state index contributed by atoms with van der Waals surface area (Å²) in [6.07, 6.45) is 2.17. The minimum atomic E-state index is -0.324. The zero-order valence-electron chi connectivity index (χ0n) is 18.4. The molecule has 4 heteroatoms. The number of anilines is 1. The SMILES string of the molecule is CCCC(C)(C)c1ccc(N2C(=O)c3ccc(Oc4ccc(C)cc4)cc3C2=O)cc1. The van der Waals surface area contributed by atoms with Gasteiger partial charge >= 0.3 is 0 Å². The van der Waals surface area contributed by atoms with Crippen molar-refractivity contribution in [3.05, 3.63) is 89.0 Å². The number of imide groups is 1. The molecule has 0 saturated carbocycles. The Morgan fingerprint density at radius 2 is 1.42 bits per heavy atom. The van der Waals surface area contributed by atoms with Gasteiger partial charge in [-0.15, -0.1) is 0 Å². The molecule has 1 aliphatic heterocycles. The number of carbonyl (C=O) groups excluding carboxylic acids is 2. The maximum Gasteiger partial charge on any atom is 0.266 e. The fraction of sp³-hybridized carbons (Fsp3) is 0.259. The summed E-state index contributed by atoms with van der Waals surface area (Å²) in [4.78, 5) is 27.3. The summed E-state index contributed by atoms with van der Waals surface area (Å²) in [7, 11) is 0. The van der Waals surface area contributed by atoms with E-state index >= 15 is 0 Å². The second-order valence-electron chi connectivity index (χ2n) is 8.75. The minimum absolute atomic E-state index is 0.0531. The Hall–Kier alpha value is -3.40. The first kappa shape index (κ1) is 20.9. The standard InChI is InChI=1S/C27H27NO3/c1-5-16-27(3,4)19-8-10-20(11-9-19)28-25(29)23-15-14-22(17-24(23)26(28)30)31-21-12-6-18(2)7-13-21/h6-15,17H,5,16H2,1-4H3. The van der Waals surface area contributed by atoms with Gasteiger partial charge in [-0.05, 0) is 66.8 Å². The molecule has 0 N–H and O–H groups in total. The van der Waals surface area contributed by atoms with E-state index in [1.807, 2.05) is 55.5 Å². The van der Waals surface area contributed by atoms with Gasteiger partial charge in [-0.1, -0.05) is 57.0 Å². The van der Waals surface area contributed by atoms with Gasteiger partial charge in [0.25, 0.3) is 11.8 Å². The summed E-state index contributed by atoms with van der Waals surface area (Å²) in [6, 6.07) is 20.5. The Balaban J connectivity index is 1.59. The molecule has 0 saturated heterocycles. The van der Waals surface area contributed by atoms with E-state index in [-0.39, 0.29) is 17.2 Å². The molecular weight excluding hydrogens is 386 g/mol. The van der Waals surface area contributed by atoms with E-state index in [9.17, 15) is 9.59 Å². The van der Waals surface area contributed by atoms with Gasteiger partial charge in [0.2, 0.25) is 0 Å². The van der Waals surface area contributed by atoms with Crippen molar-refractivity contribution in [1.82, 2.24) is 0 Å². The molecule has 31 heavy (non-hydrogen) atoms. The Morgan fingerprint density at radius 3 is 2.06 bits per heavy atom. The number of amides is 2. The molecule has 1 aliphatic rings. The zero-order chi connectivity index (χ0) is 22.2. The Morgan fingerprint density at radius 1 is 0.806 bits per heavy atom. The summed E-state index contributed by atoms with van der Waals surface area (Å²) in [6.45, 7) is 8.60. The molecule has 3 aromatic rings. The van der Waals surface area contributed by atoms with E-state index in [1.54, 1.807) is 18.2 Å². The smallest absolute Gasteiger partial charge is 0.266 e. The lowest BCUT2D eigenvalue weighted by molar-refractivity contribution is 0.0926. The molecule has 0 aromatic heterocycles. The van der Waals surface area contributed by atoms with Crippen LogP contribution in [0.1, 0.15) is 65.5 Å². The molecule has 0 fully saturated rings. The average molecular weight is 414 g/mol. The molecule has 4 rings (SSSR count). The van der Waals surface area contributed by atoms with E-state index in [2.05, 4.69) is 20.8 Å². The van der Waals surface area contributed by atoms with E-state index in [1.165, 1.54) is 10.5 Å². The molecule has 2 amide bonds. The topological polar surface area (TPSA) is 46.6 Å².